The van der Waals surface area contributed by atoms with E-state index in [1.165, 1.54) is 0 Å². The SMILES string of the molecule is Cc1noc(C)c1COc1cccc(C(=O)N2CCC(C)(C(=O)O)C2)c1. The molecule has 1 aromatic carbocycles. The Morgan fingerprint density at radius 1 is 1.38 bits per heavy atom. The van der Waals surface area contributed by atoms with Gasteiger partial charge >= 0.3 is 5.97 Å². The van der Waals surface area contributed by atoms with Crippen LogP contribution in [0.3, 0.4) is 0 Å². The number of hydrogen-bond donors (Lipinski definition) is 1. The normalized spacial score (nSPS) is 19.6. The molecule has 1 fully saturated rings. The summed E-state index contributed by atoms with van der Waals surface area (Å²) in [6, 6.07) is 6.92. The molecule has 7 nitrogen and oxygen atoms in total. The second-order valence-electron chi connectivity index (χ2n) is 6.96. The van der Waals surface area contributed by atoms with Crippen molar-refractivity contribution in [3.8, 4) is 5.75 Å². The van der Waals surface area contributed by atoms with Gasteiger partial charge in [0.15, 0.2) is 0 Å². The summed E-state index contributed by atoms with van der Waals surface area (Å²) in [5.74, 6) is 0.220. The number of carboxylic acids is 1. The standard InChI is InChI=1S/C19H22N2O5/c1-12-16(13(2)26-20-12)10-25-15-6-4-5-14(9-15)17(22)21-8-7-19(3,11-21)18(23)24/h4-6,9H,7-8,10-11H2,1-3H3,(H,23,24). The van der Waals surface area contributed by atoms with E-state index < -0.39 is 11.4 Å². The molecule has 1 amide bonds. The number of rotatable bonds is 5. The molecule has 2 heterocycles. The molecule has 0 aliphatic carbocycles. The minimum absolute atomic E-state index is 0.183. The van der Waals surface area contributed by atoms with Gasteiger partial charge in [-0.3, -0.25) is 9.59 Å². The molecule has 2 aromatic rings. The van der Waals surface area contributed by atoms with Gasteiger partial charge in [-0.2, -0.15) is 0 Å². The van der Waals surface area contributed by atoms with Crippen molar-refractivity contribution in [2.75, 3.05) is 13.1 Å². The summed E-state index contributed by atoms with van der Waals surface area (Å²) in [6.45, 7) is 6.30. The molecule has 1 atom stereocenters. The second-order valence-corrected chi connectivity index (χ2v) is 6.96. The van der Waals surface area contributed by atoms with E-state index in [2.05, 4.69) is 5.16 Å². The molecule has 0 saturated carbocycles. The van der Waals surface area contributed by atoms with Crippen LogP contribution in [0.5, 0.6) is 5.75 Å². The van der Waals surface area contributed by atoms with Gasteiger partial charge in [-0.15, -0.1) is 0 Å². The topological polar surface area (TPSA) is 92.9 Å². The molecule has 138 valence electrons. The van der Waals surface area contributed by atoms with E-state index in [4.69, 9.17) is 9.26 Å². The zero-order valence-electron chi connectivity index (χ0n) is 15.1. The van der Waals surface area contributed by atoms with E-state index in [1.54, 1.807) is 36.1 Å². The number of nitrogens with zero attached hydrogens (tertiary/aromatic N) is 2. The molecule has 26 heavy (non-hydrogen) atoms. The lowest BCUT2D eigenvalue weighted by molar-refractivity contribution is -0.147. The summed E-state index contributed by atoms with van der Waals surface area (Å²) in [5.41, 5.74) is 1.27. The third-order valence-electron chi connectivity index (χ3n) is 4.92. The molecule has 0 spiro atoms. The lowest BCUT2D eigenvalue weighted by atomic mass is 9.90. The van der Waals surface area contributed by atoms with Gasteiger partial charge in [0.1, 0.15) is 18.1 Å². The molecule has 1 saturated heterocycles. The molecule has 1 unspecified atom stereocenters. The lowest BCUT2D eigenvalue weighted by Gasteiger charge is -2.20. The van der Waals surface area contributed by atoms with Crippen LogP contribution in [-0.2, 0) is 11.4 Å². The molecule has 0 bridgehead atoms. The summed E-state index contributed by atoms with van der Waals surface area (Å²) < 4.78 is 10.9. The second kappa shape index (κ2) is 6.82. The quantitative estimate of drug-likeness (QED) is 0.883. The number of aryl methyl sites for hydroxylation is 2. The molecule has 1 aromatic heterocycles. The van der Waals surface area contributed by atoms with Crippen LogP contribution in [-0.4, -0.2) is 40.1 Å². The number of likely N-dealkylation sites (tertiary alicyclic amines) is 1. The van der Waals surface area contributed by atoms with E-state index in [0.29, 0.717) is 36.6 Å². The number of carboxylic acid groups (broad SMARTS) is 1. The molecule has 1 N–H and O–H groups in total. The first-order valence-electron chi connectivity index (χ1n) is 8.47. The van der Waals surface area contributed by atoms with Gasteiger partial charge in [-0.25, -0.2) is 0 Å². The first-order valence-corrected chi connectivity index (χ1v) is 8.47. The molecule has 0 radical (unpaired) electrons. The van der Waals surface area contributed by atoms with Gasteiger partial charge in [0.25, 0.3) is 5.91 Å². The maximum Gasteiger partial charge on any atom is 0.311 e. The zero-order valence-corrected chi connectivity index (χ0v) is 15.1. The number of benzene rings is 1. The van der Waals surface area contributed by atoms with E-state index in [0.717, 1.165) is 11.3 Å². The monoisotopic (exact) mass is 358 g/mol. The van der Waals surface area contributed by atoms with Gasteiger partial charge in [0, 0.05) is 18.7 Å². The molecular weight excluding hydrogens is 336 g/mol. The van der Waals surface area contributed by atoms with Crippen LogP contribution >= 0.6 is 0 Å². The van der Waals surface area contributed by atoms with Crippen LogP contribution in [0.25, 0.3) is 0 Å². The molecule has 1 aliphatic rings. The summed E-state index contributed by atoms with van der Waals surface area (Å²) in [5, 5.41) is 13.2. The Kier molecular flexibility index (Phi) is 4.71. The van der Waals surface area contributed by atoms with E-state index in [1.807, 2.05) is 13.8 Å². The van der Waals surface area contributed by atoms with Crippen molar-refractivity contribution in [1.82, 2.24) is 10.1 Å². The van der Waals surface area contributed by atoms with E-state index >= 15 is 0 Å². The highest BCUT2D eigenvalue weighted by molar-refractivity contribution is 5.95. The Bertz CT molecular complexity index is 825. The fourth-order valence-electron chi connectivity index (χ4n) is 3.07. The number of aliphatic carboxylic acids is 1. The van der Waals surface area contributed by atoms with Gasteiger partial charge in [-0.05, 0) is 45.4 Å². The summed E-state index contributed by atoms with van der Waals surface area (Å²) in [7, 11) is 0. The van der Waals surface area contributed by atoms with Crippen molar-refractivity contribution in [2.24, 2.45) is 5.41 Å². The van der Waals surface area contributed by atoms with Gasteiger partial charge in [0.2, 0.25) is 0 Å². The first kappa shape index (κ1) is 18.0. The van der Waals surface area contributed by atoms with Crippen LogP contribution in [0.1, 0.15) is 40.7 Å². The van der Waals surface area contributed by atoms with E-state index in [-0.39, 0.29) is 12.5 Å². The van der Waals surface area contributed by atoms with Crippen LogP contribution in [0.4, 0.5) is 0 Å². The number of aromatic nitrogens is 1. The van der Waals surface area contributed by atoms with E-state index in [9.17, 15) is 14.7 Å². The molecule has 7 heteroatoms. The van der Waals surface area contributed by atoms with Gasteiger partial charge < -0.3 is 19.3 Å². The van der Waals surface area contributed by atoms with Crippen molar-refractivity contribution in [2.45, 2.75) is 33.8 Å². The Balaban J connectivity index is 1.69. The average molecular weight is 358 g/mol. The summed E-state index contributed by atoms with van der Waals surface area (Å²) >= 11 is 0. The lowest BCUT2D eigenvalue weighted by Crippen LogP contribution is -2.34. The number of carbonyl (C=O) groups is 2. The number of amides is 1. The molecule has 3 rings (SSSR count). The van der Waals surface area contributed by atoms with Gasteiger partial charge in [-0.1, -0.05) is 11.2 Å². The predicted molar refractivity (Wildman–Crippen MR) is 93.0 cm³/mol. The smallest absolute Gasteiger partial charge is 0.311 e. The molecule has 1 aliphatic heterocycles. The van der Waals surface area contributed by atoms with Crippen molar-refractivity contribution in [3.63, 3.8) is 0 Å². The highest BCUT2D eigenvalue weighted by Crippen LogP contribution is 2.31. The van der Waals surface area contributed by atoms with Crippen LogP contribution in [0.15, 0.2) is 28.8 Å². The number of carbonyl (C=O) groups excluding carboxylic acids is 1. The Hall–Kier alpha value is -2.83. The minimum atomic E-state index is -0.882. The zero-order chi connectivity index (χ0) is 18.9. The third kappa shape index (κ3) is 3.42. The average Bonchev–Trinajstić information content (AvgIpc) is 3.17. The number of ether oxygens (including phenoxy) is 1. The Labute approximate surface area is 151 Å². The van der Waals surface area contributed by atoms with Crippen LogP contribution in [0.2, 0.25) is 0 Å². The largest absolute Gasteiger partial charge is 0.489 e. The van der Waals surface area contributed by atoms with Crippen molar-refractivity contribution in [3.05, 3.63) is 46.8 Å². The van der Waals surface area contributed by atoms with Crippen LogP contribution in [0, 0.1) is 19.3 Å². The Morgan fingerprint density at radius 3 is 2.77 bits per heavy atom. The maximum atomic E-state index is 12.7. The first-order chi connectivity index (χ1) is 12.3. The third-order valence-corrected chi connectivity index (χ3v) is 4.92. The van der Waals surface area contributed by atoms with Gasteiger partial charge in [0.05, 0.1) is 16.7 Å². The summed E-state index contributed by atoms with van der Waals surface area (Å²) in [4.78, 5) is 25.7. The van der Waals surface area contributed by atoms with Crippen LogP contribution < -0.4 is 4.74 Å². The fourth-order valence-corrected chi connectivity index (χ4v) is 3.07. The minimum Gasteiger partial charge on any atom is -0.489 e. The number of hydrogen-bond acceptors (Lipinski definition) is 5. The molecular formula is C19H22N2O5. The maximum absolute atomic E-state index is 12.7. The van der Waals surface area contributed by atoms with Crippen molar-refractivity contribution < 1.29 is 24.0 Å². The van der Waals surface area contributed by atoms with Crippen molar-refractivity contribution in [1.29, 1.82) is 0 Å². The fraction of sp³-hybridized carbons (Fsp3) is 0.421. The summed E-state index contributed by atoms with van der Waals surface area (Å²) in [6.07, 6.45) is 0.455. The highest BCUT2D eigenvalue weighted by Gasteiger charge is 2.42. The predicted octanol–water partition coefficient (Wildman–Crippen LogP) is 2.81. The highest BCUT2D eigenvalue weighted by atomic mass is 16.5. The van der Waals surface area contributed by atoms with Crippen molar-refractivity contribution >= 4 is 11.9 Å². The Morgan fingerprint density at radius 2 is 2.15 bits per heavy atom.